The Morgan fingerprint density at radius 2 is 1.89 bits per heavy atom. The Morgan fingerprint density at radius 3 is 2.60 bits per heavy atom. The molecular weight excluding hydrogens is 581 g/mol. The first kappa shape index (κ1) is 30.0. The molecule has 1 aliphatic carbocycles. The first-order valence-corrected chi connectivity index (χ1v) is 15.7. The molecular formula is C34H39F3N6O2. The number of rotatable bonds is 8. The topological polar surface area (TPSA) is 85.8 Å². The SMILES string of the molecule is CCc1c(F)ccc2cc(O)cc(-c3c(F)cc4c(N5CCCC6(CNCN6)C5)nc(OCC5(CN(C)C)CC5)nc4c3F)c12. The van der Waals surface area contributed by atoms with Gasteiger partial charge < -0.3 is 25.0 Å². The van der Waals surface area contributed by atoms with Crippen LogP contribution in [0.2, 0.25) is 0 Å². The molecule has 1 unspecified atom stereocenters. The zero-order chi connectivity index (χ0) is 31.5. The number of fused-ring (bicyclic) bond motifs is 2. The van der Waals surface area contributed by atoms with Gasteiger partial charge in [0.15, 0.2) is 5.82 Å². The molecule has 1 spiro atoms. The average Bonchev–Trinajstić information content (AvgIpc) is 3.62. The van der Waals surface area contributed by atoms with Crippen molar-refractivity contribution >= 4 is 27.5 Å². The second-order valence-corrected chi connectivity index (χ2v) is 13.4. The van der Waals surface area contributed by atoms with E-state index in [1.807, 2.05) is 14.1 Å². The zero-order valence-corrected chi connectivity index (χ0v) is 25.9. The van der Waals surface area contributed by atoms with Crippen molar-refractivity contribution in [3.05, 3.63) is 53.3 Å². The fourth-order valence-electron chi connectivity index (χ4n) is 7.38. The quantitative estimate of drug-likeness (QED) is 0.243. The van der Waals surface area contributed by atoms with Crippen molar-refractivity contribution in [2.45, 2.75) is 44.6 Å². The number of hydrogen-bond donors (Lipinski definition) is 3. The van der Waals surface area contributed by atoms with Crippen LogP contribution in [0, 0.1) is 22.9 Å². The largest absolute Gasteiger partial charge is 0.508 e. The standard InChI is InChI=1S/C34H39F3N6O2/c1-4-22-25(35)7-6-20-12-21(44)13-23(27(20)22)28-26(36)14-24-30(29(28)37)40-32(45-18-33(9-10-33)16-42(2)3)41-31(24)43-11-5-8-34(17-43)15-38-19-39-34/h6-7,12-14,38-39,44H,4-5,8-11,15-19H2,1-3H3. The summed E-state index contributed by atoms with van der Waals surface area (Å²) < 4.78 is 54.4. The lowest BCUT2D eigenvalue weighted by atomic mass is 9.89. The highest BCUT2D eigenvalue weighted by atomic mass is 19.1. The summed E-state index contributed by atoms with van der Waals surface area (Å²) in [5, 5.41) is 18.6. The molecule has 0 radical (unpaired) electrons. The van der Waals surface area contributed by atoms with E-state index < -0.39 is 17.5 Å². The Hall–Kier alpha value is -3.67. The smallest absolute Gasteiger partial charge is 0.319 e. The fourth-order valence-corrected chi connectivity index (χ4v) is 7.38. The molecule has 7 rings (SSSR count). The fraction of sp³-hybridized carbons (Fsp3) is 0.471. The zero-order valence-electron chi connectivity index (χ0n) is 25.9. The minimum atomic E-state index is -0.904. The number of aryl methyl sites for hydroxylation is 1. The van der Waals surface area contributed by atoms with E-state index in [0.29, 0.717) is 54.9 Å². The number of piperidine rings is 1. The van der Waals surface area contributed by atoms with Crippen LogP contribution in [-0.4, -0.2) is 79.1 Å². The maximum Gasteiger partial charge on any atom is 0.319 e. The van der Waals surface area contributed by atoms with E-state index in [1.165, 1.54) is 30.3 Å². The Balaban J connectivity index is 1.40. The first-order chi connectivity index (χ1) is 21.6. The Labute approximate surface area is 260 Å². The summed E-state index contributed by atoms with van der Waals surface area (Å²) in [6.45, 7) is 5.79. The lowest BCUT2D eigenvalue weighted by Gasteiger charge is -2.41. The molecule has 0 bridgehead atoms. The summed E-state index contributed by atoms with van der Waals surface area (Å²) in [7, 11) is 4.05. The third kappa shape index (κ3) is 5.44. The molecule has 3 N–H and O–H groups in total. The van der Waals surface area contributed by atoms with Gasteiger partial charge in [-0.15, -0.1) is 0 Å². The highest BCUT2D eigenvalue weighted by Gasteiger charge is 2.44. The van der Waals surface area contributed by atoms with Crippen LogP contribution >= 0.6 is 0 Å². The molecule has 4 aromatic rings. The normalized spacial score (nSPS) is 21.0. The number of anilines is 1. The van der Waals surface area contributed by atoms with Crippen LogP contribution in [0.5, 0.6) is 11.8 Å². The van der Waals surface area contributed by atoms with Gasteiger partial charge in [-0.3, -0.25) is 5.32 Å². The van der Waals surface area contributed by atoms with Crippen LogP contribution in [0.1, 0.15) is 38.2 Å². The molecule has 1 atom stereocenters. The Kier molecular flexibility index (Phi) is 7.53. The van der Waals surface area contributed by atoms with Crippen LogP contribution in [0.25, 0.3) is 32.8 Å². The van der Waals surface area contributed by atoms with E-state index in [0.717, 1.165) is 38.8 Å². The first-order valence-electron chi connectivity index (χ1n) is 15.7. The molecule has 3 fully saturated rings. The van der Waals surface area contributed by atoms with Crippen LogP contribution < -0.4 is 20.3 Å². The molecule has 3 heterocycles. The number of aromatic hydroxyl groups is 1. The van der Waals surface area contributed by atoms with Crippen molar-refractivity contribution in [3.8, 4) is 22.9 Å². The van der Waals surface area contributed by atoms with E-state index in [2.05, 4.69) is 25.4 Å². The van der Waals surface area contributed by atoms with E-state index in [9.17, 15) is 9.50 Å². The number of aromatic nitrogens is 2. The summed E-state index contributed by atoms with van der Waals surface area (Å²) in [6, 6.07) is 6.89. The molecule has 3 aromatic carbocycles. The van der Waals surface area contributed by atoms with Gasteiger partial charge in [-0.25, -0.2) is 13.2 Å². The maximum absolute atomic E-state index is 16.9. The molecule has 1 aromatic heterocycles. The highest BCUT2D eigenvalue weighted by molar-refractivity contribution is 6.03. The molecule has 2 saturated heterocycles. The van der Waals surface area contributed by atoms with Crippen LogP contribution in [0.3, 0.4) is 0 Å². The lowest BCUT2D eigenvalue weighted by Crippen LogP contribution is -2.56. The predicted octanol–water partition coefficient (Wildman–Crippen LogP) is 5.35. The van der Waals surface area contributed by atoms with Gasteiger partial charge >= 0.3 is 6.01 Å². The molecule has 0 amide bonds. The van der Waals surface area contributed by atoms with Crippen molar-refractivity contribution in [1.82, 2.24) is 25.5 Å². The van der Waals surface area contributed by atoms with Gasteiger partial charge in [-0.05, 0) is 92.4 Å². The summed E-state index contributed by atoms with van der Waals surface area (Å²) in [5.41, 5.74) is -0.236. The van der Waals surface area contributed by atoms with E-state index in [4.69, 9.17) is 9.72 Å². The molecule has 11 heteroatoms. The van der Waals surface area contributed by atoms with Gasteiger partial charge in [-0.1, -0.05) is 13.0 Å². The summed E-state index contributed by atoms with van der Waals surface area (Å²) >= 11 is 0. The van der Waals surface area contributed by atoms with Gasteiger partial charge in [0.1, 0.15) is 28.7 Å². The predicted molar refractivity (Wildman–Crippen MR) is 169 cm³/mol. The van der Waals surface area contributed by atoms with Crippen molar-refractivity contribution in [2.24, 2.45) is 5.41 Å². The molecule has 2 aliphatic heterocycles. The third-order valence-electron chi connectivity index (χ3n) is 9.66. The number of nitrogens with one attached hydrogen (secondary N) is 2. The number of hydrogen-bond acceptors (Lipinski definition) is 8. The maximum atomic E-state index is 16.9. The van der Waals surface area contributed by atoms with E-state index >= 15 is 8.78 Å². The molecule has 3 aliphatic rings. The molecule has 1 saturated carbocycles. The number of ether oxygens (including phenoxy) is 1. The van der Waals surface area contributed by atoms with E-state index in [-0.39, 0.29) is 44.7 Å². The van der Waals surface area contributed by atoms with Crippen molar-refractivity contribution in [3.63, 3.8) is 0 Å². The average molecular weight is 621 g/mol. The van der Waals surface area contributed by atoms with Gasteiger partial charge in [0.05, 0.1) is 12.2 Å². The number of phenolic OH excluding ortho intramolecular Hbond substituents is 1. The number of phenols is 1. The van der Waals surface area contributed by atoms with Crippen molar-refractivity contribution in [1.29, 1.82) is 0 Å². The highest BCUT2D eigenvalue weighted by Crippen LogP contribution is 2.47. The molecule has 45 heavy (non-hydrogen) atoms. The number of nitrogens with zero attached hydrogens (tertiary/aromatic N) is 4. The van der Waals surface area contributed by atoms with Gasteiger partial charge in [0.2, 0.25) is 0 Å². The van der Waals surface area contributed by atoms with Crippen molar-refractivity contribution in [2.75, 3.05) is 58.4 Å². The van der Waals surface area contributed by atoms with Gasteiger partial charge in [0, 0.05) is 49.2 Å². The van der Waals surface area contributed by atoms with Gasteiger partial charge in [-0.2, -0.15) is 9.97 Å². The minimum absolute atomic E-state index is 0.00971. The number of benzene rings is 3. The monoisotopic (exact) mass is 620 g/mol. The lowest BCUT2D eigenvalue weighted by molar-refractivity contribution is 0.183. The van der Waals surface area contributed by atoms with Crippen LogP contribution in [0.4, 0.5) is 19.0 Å². The third-order valence-corrected chi connectivity index (χ3v) is 9.66. The molecule has 8 nitrogen and oxygen atoms in total. The van der Waals surface area contributed by atoms with Gasteiger partial charge in [0.25, 0.3) is 0 Å². The summed E-state index contributed by atoms with van der Waals surface area (Å²) in [4.78, 5) is 13.5. The minimum Gasteiger partial charge on any atom is -0.508 e. The Morgan fingerprint density at radius 1 is 1.07 bits per heavy atom. The van der Waals surface area contributed by atoms with Crippen LogP contribution in [0.15, 0.2) is 30.3 Å². The number of halogens is 3. The Bertz CT molecular complexity index is 1790. The van der Waals surface area contributed by atoms with E-state index in [1.54, 1.807) is 6.92 Å². The second kappa shape index (κ2) is 11.3. The second-order valence-electron chi connectivity index (χ2n) is 13.4. The summed E-state index contributed by atoms with van der Waals surface area (Å²) in [6.07, 6.45) is 4.19. The van der Waals surface area contributed by atoms with Crippen LogP contribution in [-0.2, 0) is 6.42 Å². The summed E-state index contributed by atoms with van der Waals surface area (Å²) in [5.74, 6) is -1.97. The van der Waals surface area contributed by atoms with Crippen molar-refractivity contribution < 1.29 is 23.0 Å². The molecule has 238 valence electrons.